The Balaban J connectivity index is 2.28. The van der Waals surface area contributed by atoms with Gasteiger partial charge in [-0.2, -0.15) is 9.12 Å². The summed E-state index contributed by atoms with van der Waals surface area (Å²) in [6.45, 7) is 2.22. The minimum Gasteiger partial charge on any atom is -0.618 e. The Labute approximate surface area is 149 Å². The molecule has 2 aromatic heterocycles. The molecule has 0 bridgehead atoms. The summed E-state index contributed by atoms with van der Waals surface area (Å²) in [6, 6.07) is 4.81. The average Bonchev–Trinajstić information content (AvgIpc) is 2.61. The number of carbonyl (C=O) groups excluding carboxylic acids is 1. The fourth-order valence-corrected chi connectivity index (χ4v) is 2.74. The molecule has 0 saturated heterocycles. The fraction of sp³-hybridized carbons (Fsp3) is 0.167. The number of anilines is 1. The Kier molecular flexibility index (Phi) is 4.30. The third kappa shape index (κ3) is 2.90. The lowest BCUT2D eigenvalue weighted by molar-refractivity contribution is -0.605. The van der Waals surface area contributed by atoms with Crippen molar-refractivity contribution in [3.8, 4) is 11.1 Å². The van der Waals surface area contributed by atoms with Crippen molar-refractivity contribution in [3.05, 3.63) is 59.3 Å². The van der Waals surface area contributed by atoms with Gasteiger partial charge in [-0.1, -0.05) is 6.92 Å². The van der Waals surface area contributed by atoms with E-state index in [1.807, 2.05) is 6.92 Å². The normalized spacial score (nSPS) is 11.4. The summed E-state index contributed by atoms with van der Waals surface area (Å²) in [6.07, 6.45) is 1.34. The summed E-state index contributed by atoms with van der Waals surface area (Å²) >= 11 is 0. The molecule has 0 radical (unpaired) electrons. The van der Waals surface area contributed by atoms with E-state index in [2.05, 4.69) is 10.3 Å². The molecule has 0 fully saturated rings. The first kappa shape index (κ1) is 16.2. The van der Waals surface area contributed by atoms with Crippen LogP contribution in [-0.2, 0) is 0 Å². The lowest BCUT2D eigenvalue weighted by atomic mass is 9.98. The quantitative estimate of drug-likeness (QED) is 0.425. The van der Waals surface area contributed by atoms with Crippen LogP contribution in [-0.4, -0.2) is 17.4 Å². The van der Waals surface area contributed by atoms with E-state index in [1.165, 1.54) is 18.2 Å². The van der Waals surface area contributed by atoms with Gasteiger partial charge in [-0.15, -0.1) is 0 Å². The van der Waals surface area contributed by atoms with Crippen LogP contribution in [0.5, 0.6) is 0 Å². The Morgan fingerprint density at radius 2 is 2.15 bits per heavy atom. The summed E-state index contributed by atoms with van der Waals surface area (Å²) in [7, 11) is 0. The van der Waals surface area contributed by atoms with Gasteiger partial charge < -0.3 is 16.3 Å². The van der Waals surface area contributed by atoms with Gasteiger partial charge in [0.15, 0.2) is 6.20 Å². The van der Waals surface area contributed by atoms with Crippen LogP contribution in [0.4, 0.5) is 14.5 Å². The van der Waals surface area contributed by atoms with Crippen molar-refractivity contribution < 1.29 is 19.7 Å². The first-order valence-corrected chi connectivity index (χ1v) is 7.90. The number of hydrogen-bond donors (Lipinski definition) is 2. The predicted molar refractivity (Wildman–Crippen MR) is 93.1 cm³/mol. The van der Waals surface area contributed by atoms with Gasteiger partial charge in [0.05, 0.1) is 6.76 Å². The molecule has 8 heteroatoms. The smallest absolute Gasteiger partial charge is 0.319 e. The number of nitrogens with one attached hydrogen (secondary N) is 1. The van der Waals surface area contributed by atoms with Gasteiger partial charge in [-0.25, -0.2) is 9.37 Å². The van der Waals surface area contributed by atoms with Crippen molar-refractivity contribution in [2.75, 3.05) is 12.3 Å². The van der Waals surface area contributed by atoms with E-state index < -0.39 is 17.7 Å². The van der Waals surface area contributed by atoms with E-state index in [1.54, 1.807) is 0 Å². The molecule has 0 aliphatic rings. The topological polar surface area (TPSA) is 95.0 Å². The SMILES string of the molecule is [2H]c1ccc(-c2c(F)ccc3c(N)c(C(=O)NCCC)[n+]([O-])cc23)c(F)n1. The van der Waals surface area contributed by atoms with Crippen LogP contribution < -0.4 is 15.8 Å². The lowest BCUT2D eigenvalue weighted by Gasteiger charge is -2.13. The summed E-state index contributed by atoms with van der Waals surface area (Å²) in [4.78, 5) is 15.6. The second kappa shape index (κ2) is 6.91. The highest BCUT2D eigenvalue weighted by atomic mass is 19.1. The van der Waals surface area contributed by atoms with E-state index in [-0.39, 0.29) is 44.2 Å². The molecule has 0 saturated carbocycles. The van der Waals surface area contributed by atoms with Crippen molar-refractivity contribution in [2.45, 2.75) is 13.3 Å². The van der Waals surface area contributed by atoms with Crippen LogP contribution in [0.1, 0.15) is 25.2 Å². The van der Waals surface area contributed by atoms with Crippen molar-refractivity contribution in [1.82, 2.24) is 10.3 Å². The third-order valence-corrected chi connectivity index (χ3v) is 3.94. The van der Waals surface area contributed by atoms with Crippen LogP contribution in [0.25, 0.3) is 21.9 Å². The molecule has 6 nitrogen and oxygen atoms in total. The first-order valence-electron chi connectivity index (χ1n) is 8.40. The highest BCUT2D eigenvalue weighted by molar-refractivity contribution is 6.08. The largest absolute Gasteiger partial charge is 0.618 e. The number of halogens is 2. The Morgan fingerprint density at radius 3 is 2.85 bits per heavy atom. The molecule has 0 aliphatic carbocycles. The number of nitrogens with zero attached hydrogens (tertiary/aromatic N) is 2. The van der Waals surface area contributed by atoms with Crippen molar-refractivity contribution >= 4 is 22.4 Å². The zero-order chi connectivity index (χ0) is 19.7. The molecule has 0 atom stereocenters. The fourth-order valence-electron chi connectivity index (χ4n) is 2.74. The standard InChI is InChI=1S/C18H16F2N4O2/c1-2-7-23-18(25)16-15(21)10-5-6-13(19)14(12(10)9-24(16)26)11-4-3-8-22-17(11)20/h3-6,8-9H,2,7,21H2,1H3,(H,23,25)/i8D. The molecule has 26 heavy (non-hydrogen) atoms. The highest BCUT2D eigenvalue weighted by Gasteiger charge is 2.26. The molecule has 0 aliphatic heterocycles. The highest BCUT2D eigenvalue weighted by Crippen LogP contribution is 2.34. The number of hydrogen-bond acceptors (Lipinski definition) is 4. The number of amides is 1. The number of nitrogens with two attached hydrogens (primary N) is 1. The minimum absolute atomic E-state index is 0.0352. The number of carbonyl (C=O) groups is 1. The molecule has 3 N–H and O–H groups in total. The monoisotopic (exact) mass is 359 g/mol. The molecule has 1 aromatic carbocycles. The molecule has 0 spiro atoms. The van der Waals surface area contributed by atoms with Gasteiger partial charge in [0.2, 0.25) is 5.95 Å². The number of rotatable bonds is 4. The van der Waals surface area contributed by atoms with Crippen molar-refractivity contribution in [3.63, 3.8) is 0 Å². The van der Waals surface area contributed by atoms with E-state index in [9.17, 15) is 18.8 Å². The molecule has 2 heterocycles. The van der Waals surface area contributed by atoms with Crippen LogP contribution in [0, 0.1) is 17.0 Å². The summed E-state index contributed by atoms with van der Waals surface area (Å²) in [5, 5.41) is 15.2. The molecule has 3 rings (SSSR count). The minimum atomic E-state index is -1.05. The lowest BCUT2D eigenvalue weighted by Crippen LogP contribution is -2.40. The maximum absolute atomic E-state index is 14.5. The zero-order valence-corrected chi connectivity index (χ0v) is 13.8. The zero-order valence-electron chi connectivity index (χ0n) is 14.8. The maximum Gasteiger partial charge on any atom is 0.319 e. The number of pyridine rings is 2. The molecule has 0 unspecified atom stereocenters. The second-order valence-corrected chi connectivity index (χ2v) is 5.64. The Morgan fingerprint density at radius 1 is 1.38 bits per heavy atom. The second-order valence-electron chi connectivity index (χ2n) is 5.64. The summed E-state index contributed by atoms with van der Waals surface area (Å²) in [5.74, 6) is -2.48. The Hall–Kier alpha value is -3.29. The number of aromatic nitrogens is 2. The third-order valence-electron chi connectivity index (χ3n) is 3.94. The van der Waals surface area contributed by atoms with E-state index in [0.29, 0.717) is 13.0 Å². The summed E-state index contributed by atoms with van der Waals surface area (Å²) < 4.78 is 36.3. The van der Waals surface area contributed by atoms with E-state index >= 15 is 0 Å². The van der Waals surface area contributed by atoms with Crippen LogP contribution in [0.2, 0.25) is 0 Å². The van der Waals surface area contributed by atoms with Gasteiger partial charge in [0.1, 0.15) is 11.5 Å². The van der Waals surface area contributed by atoms with Crippen LogP contribution in [0.3, 0.4) is 0 Å². The number of nitrogen functional groups attached to an aromatic ring is 1. The molecule has 3 aromatic rings. The predicted octanol–water partition coefficient (Wildman–Crippen LogP) is 2.54. The van der Waals surface area contributed by atoms with Gasteiger partial charge in [-0.3, -0.25) is 4.79 Å². The summed E-state index contributed by atoms with van der Waals surface area (Å²) in [5.41, 5.74) is 5.14. The van der Waals surface area contributed by atoms with E-state index in [4.69, 9.17) is 7.10 Å². The molecular formula is C18H16F2N4O2. The molecule has 1 amide bonds. The van der Waals surface area contributed by atoms with Crippen LogP contribution in [0.15, 0.2) is 36.6 Å². The van der Waals surface area contributed by atoms with Gasteiger partial charge in [0, 0.05) is 29.2 Å². The first-order chi connectivity index (χ1) is 12.8. The number of fused-ring (bicyclic) bond motifs is 1. The Bertz CT molecular complexity index is 1060. The molecule has 134 valence electrons. The van der Waals surface area contributed by atoms with Gasteiger partial charge >= 0.3 is 11.6 Å². The van der Waals surface area contributed by atoms with Crippen molar-refractivity contribution in [1.29, 1.82) is 0 Å². The van der Waals surface area contributed by atoms with Crippen molar-refractivity contribution in [2.24, 2.45) is 0 Å². The average molecular weight is 359 g/mol. The van der Waals surface area contributed by atoms with Crippen LogP contribution >= 0.6 is 0 Å². The van der Waals surface area contributed by atoms with Gasteiger partial charge in [0.25, 0.3) is 0 Å². The number of benzene rings is 1. The van der Waals surface area contributed by atoms with Gasteiger partial charge in [-0.05, 0) is 30.7 Å². The maximum atomic E-state index is 14.5. The van der Waals surface area contributed by atoms with E-state index in [0.717, 1.165) is 12.3 Å². The molecular weight excluding hydrogens is 342 g/mol.